The Balaban J connectivity index is 0.00000264. The number of sulfone groups is 1. The van der Waals surface area contributed by atoms with Crippen LogP contribution in [0.15, 0.2) is 21.9 Å². The van der Waals surface area contributed by atoms with E-state index in [1.54, 1.807) is 20.9 Å². The molecule has 1 atom stereocenters. The van der Waals surface area contributed by atoms with Crippen LogP contribution in [0.4, 0.5) is 0 Å². The van der Waals surface area contributed by atoms with Crippen molar-refractivity contribution in [2.75, 3.05) is 26.4 Å². The summed E-state index contributed by atoms with van der Waals surface area (Å²) in [5, 5.41) is 3.14. The predicted octanol–water partition coefficient (Wildman–Crippen LogP) is 1.11. The van der Waals surface area contributed by atoms with Gasteiger partial charge < -0.3 is 5.32 Å². The first-order valence-corrected chi connectivity index (χ1v) is 10.4. The van der Waals surface area contributed by atoms with E-state index in [-0.39, 0.29) is 33.8 Å². The first kappa shape index (κ1) is 20.4. The number of sulfonamides is 1. The van der Waals surface area contributed by atoms with Crippen LogP contribution in [-0.4, -0.2) is 53.6 Å². The van der Waals surface area contributed by atoms with Crippen molar-refractivity contribution in [1.82, 2.24) is 9.62 Å². The van der Waals surface area contributed by atoms with Crippen molar-refractivity contribution >= 4 is 32.3 Å². The Morgan fingerprint density at radius 2 is 1.70 bits per heavy atom. The summed E-state index contributed by atoms with van der Waals surface area (Å²) < 4.78 is 50.9. The Labute approximate surface area is 144 Å². The molecule has 1 N–H and O–H groups in total. The zero-order valence-corrected chi connectivity index (χ0v) is 16.1. The van der Waals surface area contributed by atoms with Gasteiger partial charge >= 0.3 is 0 Å². The molecule has 0 spiro atoms. The first-order chi connectivity index (χ1) is 10.0. The summed E-state index contributed by atoms with van der Waals surface area (Å²) in [6.07, 6.45) is 1.84. The third-order valence-corrected chi connectivity index (χ3v) is 7.32. The van der Waals surface area contributed by atoms with Gasteiger partial charge in [-0.05, 0) is 50.1 Å². The lowest BCUT2D eigenvalue weighted by Gasteiger charge is -2.24. The van der Waals surface area contributed by atoms with E-state index in [1.807, 2.05) is 0 Å². The monoisotopic (exact) mass is 382 g/mol. The van der Waals surface area contributed by atoms with E-state index >= 15 is 0 Å². The van der Waals surface area contributed by atoms with E-state index < -0.39 is 19.9 Å². The zero-order chi connectivity index (χ0) is 16.7. The van der Waals surface area contributed by atoms with Gasteiger partial charge in [0, 0.05) is 25.9 Å². The van der Waals surface area contributed by atoms with Crippen LogP contribution in [0.3, 0.4) is 0 Å². The van der Waals surface area contributed by atoms with Crippen LogP contribution in [0.2, 0.25) is 0 Å². The average molecular weight is 383 g/mol. The van der Waals surface area contributed by atoms with E-state index in [0.717, 1.165) is 19.2 Å². The van der Waals surface area contributed by atoms with Gasteiger partial charge in [-0.2, -0.15) is 4.31 Å². The maximum Gasteiger partial charge on any atom is 0.243 e. The Morgan fingerprint density at radius 1 is 1.13 bits per heavy atom. The third kappa shape index (κ3) is 4.06. The maximum absolute atomic E-state index is 12.9. The highest BCUT2D eigenvalue weighted by Crippen LogP contribution is 2.28. The summed E-state index contributed by atoms with van der Waals surface area (Å²) in [5.41, 5.74) is 0.897. The predicted molar refractivity (Wildman–Crippen MR) is 92.5 cm³/mol. The molecule has 2 rings (SSSR count). The Hall–Kier alpha value is -0.670. The molecule has 1 unspecified atom stereocenters. The molecule has 0 saturated carbocycles. The lowest BCUT2D eigenvalue weighted by atomic mass is 10.2. The molecular formula is C14H23ClN2O4S2. The van der Waals surface area contributed by atoms with Gasteiger partial charge in [0.1, 0.15) is 0 Å². The van der Waals surface area contributed by atoms with Crippen molar-refractivity contribution in [2.24, 2.45) is 0 Å². The van der Waals surface area contributed by atoms with Gasteiger partial charge in [-0.3, -0.25) is 0 Å². The maximum atomic E-state index is 12.9. The SMILES string of the molecule is Cc1cc(S(C)(=O)=O)c(C)c(S(=O)(=O)N(C)C2CCNC2)c1.Cl. The van der Waals surface area contributed by atoms with E-state index in [4.69, 9.17) is 0 Å². The fourth-order valence-corrected chi connectivity index (χ4v) is 5.59. The fourth-order valence-electron chi connectivity index (χ4n) is 2.75. The minimum absolute atomic E-state index is 0. The second kappa shape index (κ2) is 7.06. The summed E-state index contributed by atoms with van der Waals surface area (Å²) in [7, 11) is -5.66. The Kier molecular flexibility index (Phi) is 6.26. The van der Waals surface area contributed by atoms with E-state index in [2.05, 4.69) is 5.32 Å². The number of benzene rings is 1. The molecule has 6 nitrogen and oxygen atoms in total. The number of rotatable bonds is 4. The quantitative estimate of drug-likeness (QED) is 0.843. The molecule has 1 aliphatic heterocycles. The van der Waals surface area contributed by atoms with Crippen LogP contribution >= 0.6 is 12.4 Å². The topological polar surface area (TPSA) is 83.5 Å². The van der Waals surface area contributed by atoms with Gasteiger partial charge in [-0.15, -0.1) is 12.4 Å². The Bertz CT molecular complexity index is 785. The number of likely N-dealkylation sites (N-methyl/N-ethyl adjacent to an activating group) is 1. The second-order valence-electron chi connectivity index (χ2n) is 5.83. The standard InChI is InChI=1S/C14H22N2O4S2.ClH/c1-10-7-13(21(4,17)18)11(2)14(8-10)22(19,20)16(3)12-5-6-15-9-12;/h7-8,12,15H,5-6,9H2,1-4H3;1H. The summed E-state index contributed by atoms with van der Waals surface area (Å²) in [6.45, 7) is 4.64. The number of hydrogen-bond donors (Lipinski definition) is 1. The number of aryl methyl sites for hydroxylation is 1. The van der Waals surface area contributed by atoms with Crippen molar-refractivity contribution in [3.63, 3.8) is 0 Å². The van der Waals surface area contributed by atoms with Crippen LogP contribution in [0.25, 0.3) is 0 Å². The Morgan fingerprint density at radius 3 is 2.17 bits per heavy atom. The van der Waals surface area contributed by atoms with Gasteiger partial charge in [0.15, 0.2) is 9.84 Å². The molecule has 1 fully saturated rings. The van der Waals surface area contributed by atoms with E-state index in [1.165, 1.54) is 16.4 Å². The van der Waals surface area contributed by atoms with Gasteiger partial charge in [-0.1, -0.05) is 0 Å². The van der Waals surface area contributed by atoms with Crippen molar-refractivity contribution in [1.29, 1.82) is 0 Å². The van der Waals surface area contributed by atoms with E-state index in [0.29, 0.717) is 12.1 Å². The molecule has 1 saturated heterocycles. The van der Waals surface area contributed by atoms with Crippen LogP contribution in [0.1, 0.15) is 17.5 Å². The summed E-state index contributed by atoms with van der Waals surface area (Å²) >= 11 is 0. The summed E-state index contributed by atoms with van der Waals surface area (Å²) in [4.78, 5) is 0.145. The molecule has 132 valence electrons. The molecule has 0 bridgehead atoms. The summed E-state index contributed by atoms with van der Waals surface area (Å²) in [5.74, 6) is 0. The largest absolute Gasteiger partial charge is 0.315 e. The fraction of sp³-hybridized carbons (Fsp3) is 0.571. The van der Waals surface area contributed by atoms with Crippen molar-refractivity contribution in [3.8, 4) is 0 Å². The molecule has 0 amide bonds. The van der Waals surface area contributed by atoms with Crippen LogP contribution in [0, 0.1) is 13.8 Å². The van der Waals surface area contributed by atoms with Crippen LogP contribution < -0.4 is 5.32 Å². The smallest absolute Gasteiger partial charge is 0.243 e. The van der Waals surface area contributed by atoms with Crippen LogP contribution in [0.5, 0.6) is 0 Å². The molecule has 1 aromatic carbocycles. The molecule has 1 aromatic rings. The van der Waals surface area contributed by atoms with Gasteiger partial charge in [0.25, 0.3) is 0 Å². The molecule has 23 heavy (non-hydrogen) atoms. The molecule has 0 aliphatic carbocycles. The zero-order valence-electron chi connectivity index (χ0n) is 13.7. The van der Waals surface area contributed by atoms with Gasteiger partial charge in [0.2, 0.25) is 10.0 Å². The number of halogens is 1. The molecule has 1 heterocycles. The van der Waals surface area contributed by atoms with E-state index in [9.17, 15) is 16.8 Å². The van der Waals surface area contributed by atoms with Crippen LogP contribution in [-0.2, 0) is 19.9 Å². The number of hydrogen-bond acceptors (Lipinski definition) is 5. The van der Waals surface area contributed by atoms with Crippen molar-refractivity contribution < 1.29 is 16.8 Å². The minimum atomic E-state index is -3.73. The molecule has 0 radical (unpaired) electrons. The minimum Gasteiger partial charge on any atom is -0.315 e. The summed E-state index contributed by atoms with van der Waals surface area (Å²) in [6, 6.07) is 2.95. The highest BCUT2D eigenvalue weighted by Gasteiger charge is 2.32. The average Bonchev–Trinajstić information content (AvgIpc) is 2.92. The van der Waals surface area contributed by atoms with Crippen molar-refractivity contribution in [3.05, 3.63) is 23.3 Å². The molecule has 0 aromatic heterocycles. The number of nitrogens with one attached hydrogen (secondary N) is 1. The lowest BCUT2D eigenvalue weighted by molar-refractivity contribution is 0.387. The molecular weight excluding hydrogens is 360 g/mol. The second-order valence-corrected chi connectivity index (χ2v) is 9.78. The highest BCUT2D eigenvalue weighted by molar-refractivity contribution is 7.91. The third-order valence-electron chi connectivity index (χ3n) is 4.06. The normalized spacial score (nSPS) is 18.9. The molecule has 1 aliphatic rings. The first-order valence-electron chi connectivity index (χ1n) is 7.05. The van der Waals surface area contributed by atoms with Gasteiger partial charge in [0.05, 0.1) is 9.79 Å². The van der Waals surface area contributed by atoms with Crippen molar-refractivity contribution in [2.45, 2.75) is 36.1 Å². The lowest BCUT2D eigenvalue weighted by Crippen LogP contribution is -2.38. The highest BCUT2D eigenvalue weighted by atomic mass is 35.5. The van der Waals surface area contributed by atoms with Gasteiger partial charge in [-0.25, -0.2) is 16.8 Å². The molecule has 9 heteroatoms. The number of nitrogens with zero attached hydrogens (tertiary/aromatic N) is 1.